The summed E-state index contributed by atoms with van der Waals surface area (Å²) in [6.45, 7) is -0.372. The van der Waals surface area contributed by atoms with Gasteiger partial charge in [0.2, 0.25) is 0 Å². The molecule has 0 bridgehead atoms. The Balaban J connectivity index is 1.41. The summed E-state index contributed by atoms with van der Waals surface area (Å²) >= 11 is 0.943. The first-order valence-corrected chi connectivity index (χ1v) is 17.2. The van der Waals surface area contributed by atoms with Gasteiger partial charge in [-0.05, 0) is 60.7 Å². The average Bonchev–Trinajstić information content (AvgIpc) is 3.20. The average molecular weight is 717 g/mol. The van der Waals surface area contributed by atoms with E-state index >= 15 is 0 Å². The lowest BCUT2D eigenvalue weighted by Gasteiger charge is -2.43. The second-order valence-corrected chi connectivity index (χ2v) is 12.8. The Labute approximate surface area is 303 Å². The molecule has 0 radical (unpaired) electrons. The number of benzene rings is 5. The maximum absolute atomic E-state index is 13.7. The topological polar surface area (TPSA) is 132 Å². The second kappa shape index (κ2) is 17.1. The van der Waals surface area contributed by atoms with Crippen molar-refractivity contribution in [2.75, 3.05) is 6.61 Å². The summed E-state index contributed by atoms with van der Waals surface area (Å²) < 4.78 is 29.9. The van der Waals surface area contributed by atoms with Gasteiger partial charge in [0, 0.05) is 0 Å². The van der Waals surface area contributed by atoms with Crippen molar-refractivity contribution >= 4 is 41.6 Å². The van der Waals surface area contributed by atoms with Gasteiger partial charge in [0.1, 0.15) is 6.61 Å². The number of carbonyl (C=O) groups is 5. The first kappa shape index (κ1) is 35.6. The van der Waals surface area contributed by atoms with Crippen LogP contribution in [0.2, 0.25) is 0 Å². The summed E-state index contributed by atoms with van der Waals surface area (Å²) in [6, 6.07) is 40.7. The third-order valence-electron chi connectivity index (χ3n) is 7.97. The van der Waals surface area contributed by atoms with Crippen LogP contribution in [-0.4, -0.2) is 65.5 Å². The molecule has 262 valence electrons. The Hall–Kier alpha value is -6.20. The molecule has 1 fully saturated rings. The van der Waals surface area contributed by atoms with Crippen LogP contribution in [0.5, 0.6) is 0 Å². The van der Waals surface area contributed by atoms with Crippen molar-refractivity contribution in [2.45, 2.75) is 29.0 Å². The number of carbonyl (C=O) groups excluding carboxylic acids is 5. The molecule has 10 nitrogen and oxygen atoms in total. The van der Waals surface area contributed by atoms with Crippen LogP contribution in [0.25, 0.3) is 0 Å². The van der Waals surface area contributed by atoms with Gasteiger partial charge in [-0.25, -0.2) is 24.0 Å². The number of hydrogen-bond donors (Lipinski definition) is 0. The number of hydrogen-bond acceptors (Lipinski definition) is 11. The molecule has 5 aromatic carbocycles. The van der Waals surface area contributed by atoms with E-state index in [1.165, 1.54) is 24.3 Å². The minimum atomic E-state index is -1.55. The molecule has 0 saturated carbocycles. The van der Waals surface area contributed by atoms with Gasteiger partial charge in [0.05, 0.1) is 33.1 Å². The first-order valence-electron chi connectivity index (χ1n) is 16.3. The standard InChI is InChI=1S/C41H32O10S/c42-36(27-16-6-1-7-17-27)47-26-32-33(48-37(43)28-18-8-2-9-19-28)34(49-38(44)29-20-10-3-11-21-29)35(50-39(45)30-22-12-4-13-23-30)41(52-32)51-40(46)31-24-14-5-15-25-31/h1-25,32-35,41H,26H2/t32-,33-,34+,35-,41+/m1/s1. The molecule has 1 aliphatic rings. The molecule has 0 aliphatic carbocycles. The van der Waals surface area contributed by atoms with Crippen LogP contribution in [-0.2, 0) is 23.7 Å². The first-order chi connectivity index (χ1) is 25.4. The van der Waals surface area contributed by atoms with E-state index in [4.69, 9.17) is 23.7 Å². The van der Waals surface area contributed by atoms with Crippen LogP contribution in [0.1, 0.15) is 51.8 Å². The van der Waals surface area contributed by atoms with Gasteiger partial charge in [0.15, 0.2) is 23.7 Å². The summed E-state index contributed by atoms with van der Waals surface area (Å²) in [5.74, 6) is -3.84. The fourth-order valence-corrected chi connectivity index (χ4v) is 6.73. The second-order valence-electron chi connectivity index (χ2n) is 11.5. The molecule has 0 spiro atoms. The molecule has 5 atom stereocenters. The van der Waals surface area contributed by atoms with Crippen molar-refractivity contribution in [1.29, 1.82) is 0 Å². The van der Waals surface area contributed by atoms with E-state index in [0.29, 0.717) is 0 Å². The van der Waals surface area contributed by atoms with E-state index in [-0.39, 0.29) is 34.4 Å². The third-order valence-corrected chi connectivity index (χ3v) is 9.36. The predicted molar refractivity (Wildman–Crippen MR) is 191 cm³/mol. The molecule has 0 aromatic heterocycles. The van der Waals surface area contributed by atoms with Crippen LogP contribution in [0, 0.1) is 0 Å². The number of ether oxygens (including phenoxy) is 5. The van der Waals surface area contributed by atoms with E-state index in [0.717, 1.165) is 11.8 Å². The van der Waals surface area contributed by atoms with E-state index in [1.54, 1.807) is 127 Å². The van der Waals surface area contributed by atoms with Crippen molar-refractivity contribution < 1.29 is 47.7 Å². The summed E-state index contributed by atoms with van der Waals surface area (Å²) in [4.78, 5) is 67.6. The van der Waals surface area contributed by atoms with Crippen LogP contribution in [0.4, 0.5) is 0 Å². The lowest BCUT2D eigenvalue weighted by Crippen LogP contribution is -2.59. The van der Waals surface area contributed by atoms with Crippen LogP contribution in [0.15, 0.2) is 152 Å². The zero-order valence-electron chi connectivity index (χ0n) is 27.5. The minimum Gasteiger partial charge on any atom is -0.461 e. The van der Waals surface area contributed by atoms with Crippen molar-refractivity contribution in [3.8, 4) is 0 Å². The van der Waals surface area contributed by atoms with Crippen molar-refractivity contribution in [3.05, 3.63) is 179 Å². The monoisotopic (exact) mass is 716 g/mol. The Kier molecular flexibility index (Phi) is 11.7. The number of esters is 5. The maximum atomic E-state index is 13.7. The molecule has 52 heavy (non-hydrogen) atoms. The predicted octanol–water partition coefficient (Wildman–Crippen LogP) is 6.82. The van der Waals surface area contributed by atoms with E-state index in [9.17, 15) is 24.0 Å². The molecule has 1 saturated heterocycles. The lowest BCUT2D eigenvalue weighted by molar-refractivity contribution is -0.116. The van der Waals surface area contributed by atoms with E-state index in [2.05, 4.69) is 0 Å². The van der Waals surface area contributed by atoms with E-state index < -0.39 is 58.8 Å². The number of thioether (sulfide) groups is 1. The zero-order valence-corrected chi connectivity index (χ0v) is 28.3. The maximum Gasteiger partial charge on any atom is 0.339 e. The SMILES string of the molecule is O=C(OC[C@H]1S[C@H](OC(=O)c2ccccc2)[C@H](OC(=O)c2ccccc2)[C@@H](OC(=O)c2ccccc2)[C@@H]1OC(=O)c1ccccc1)c1ccccc1. The van der Waals surface area contributed by atoms with Gasteiger partial charge >= 0.3 is 29.8 Å². The lowest BCUT2D eigenvalue weighted by atomic mass is 10.0. The molecule has 0 unspecified atom stereocenters. The fourth-order valence-electron chi connectivity index (χ4n) is 5.37. The quantitative estimate of drug-likeness (QED) is 0.105. The molecular formula is C41H32O10S. The zero-order chi connectivity index (χ0) is 36.3. The van der Waals surface area contributed by atoms with Gasteiger partial charge in [-0.2, -0.15) is 0 Å². The van der Waals surface area contributed by atoms with Crippen LogP contribution >= 0.6 is 11.8 Å². The Morgan fingerprint density at radius 2 is 0.692 bits per heavy atom. The van der Waals surface area contributed by atoms with Crippen LogP contribution < -0.4 is 0 Å². The molecular weight excluding hydrogens is 685 g/mol. The summed E-state index contributed by atoms with van der Waals surface area (Å²) in [7, 11) is 0. The summed E-state index contributed by atoms with van der Waals surface area (Å²) in [5, 5.41) is -0.992. The molecule has 1 aliphatic heterocycles. The highest BCUT2D eigenvalue weighted by Gasteiger charge is 2.54. The van der Waals surface area contributed by atoms with E-state index in [1.807, 2.05) is 0 Å². The Morgan fingerprint density at radius 1 is 0.385 bits per heavy atom. The van der Waals surface area contributed by atoms with Crippen molar-refractivity contribution in [2.24, 2.45) is 0 Å². The Bertz CT molecular complexity index is 1980. The highest BCUT2D eigenvalue weighted by atomic mass is 32.2. The largest absolute Gasteiger partial charge is 0.461 e. The highest BCUT2D eigenvalue weighted by Crippen LogP contribution is 2.40. The molecule has 11 heteroatoms. The highest BCUT2D eigenvalue weighted by molar-refractivity contribution is 8.00. The van der Waals surface area contributed by atoms with Gasteiger partial charge in [0.25, 0.3) is 0 Å². The molecule has 6 rings (SSSR count). The normalized spacial score (nSPS) is 19.3. The fraction of sp³-hybridized carbons (Fsp3) is 0.146. The molecule has 0 N–H and O–H groups in total. The summed E-state index contributed by atoms with van der Waals surface area (Å²) in [6.07, 6.45) is -4.44. The smallest absolute Gasteiger partial charge is 0.339 e. The number of rotatable bonds is 11. The van der Waals surface area contributed by atoms with Gasteiger partial charge in [-0.3, -0.25) is 0 Å². The molecule has 0 amide bonds. The van der Waals surface area contributed by atoms with Crippen molar-refractivity contribution in [3.63, 3.8) is 0 Å². The van der Waals surface area contributed by atoms with Crippen molar-refractivity contribution in [1.82, 2.24) is 0 Å². The third kappa shape index (κ3) is 8.93. The van der Waals surface area contributed by atoms with Crippen LogP contribution in [0.3, 0.4) is 0 Å². The van der Waals surface area contributed by atoms with Gasteiger partial charge < -0.3 is 23.7 Å². The Morgan fingerprint density at radius 3 is 1.08 bits per heavy atom. The molecule has 1 heterocycles. The van der Waals surface area contributed by atoms with Gasteiger partial charge in [-0.1, -0.05) is 91.0 Å². The van der Waals surface area contributed by atoms with Gasteiger partial charge in [-0.15, -0.1) is 11.8 Å². The minimum absolute atomic E-state index is 0.159. The summed E-state index contributed by atoms with van der Waals surface area (Å²) in [5.41, 5.74) is -0.330. The molecule has 5 aromatic rings.